The van der Waals surface area contributed by atoms with Crippen LogP contribution in [-0.2, 0) is 11.2 Å². The number of rotatable bonds is 9. The van der Waals surface area contributed by atoms with Crippen molar-refractivity contribution in [2.75, 3.05) is 0 Å². The molecule has 0 saturated carbocycles. The molecule has 3 rings (SSSR count). The Balaban J connectivity index is 1.95. The summed E-state index contributed by atoms with van der Waals surface area (Å²) in [6, 6.07) is 4.33. The highest BCUT2D eigenvalue weighted by Gasteiger charge is 2.20. The first kappa shape index (κ1) is 23.9. The van der Waals surface area contributed by atoms with Gasteiger partial charge in [0.25, 0.3) is 0 Å². The molecule has 2 aromatic heterocycles. The van der Waals surface area contributed by atoms with Gasteiger partial charge in [-0.05, 0) is 81.7 Å². The average molecular weight is 504 g/mol. The van der Waals surface area contributed by atoms with Crippen molar-refractivity contribution in [2.24, 2.45) is 5.92 Å². The molecule has 0 amide bonds. The third kappa shape index (κ3) is 5.53. The largest absolute Gasteiger partial charge is 0.481 e. The number of carboxylic acid groups (broad SMARTS) is 1. The Morgan fingerprint density at radius 2 is 1.77 bits per heavy atom. The SMILES string of the molecule is CCCC(CCCc1nc(C)nc2c(-c3c(C)cc(Br)cc3C)c(C)sc12)CC(=O)O. The zero-order chi connectivity index (χ0) is 22.7. The highest BCUT2D eigenvalue weighted by Crippen LogP contribution is 2.42. The summed E-state index contributed by atoms with van der Waals surface area (Å²) in [7, 11) is 0. The molecule has 3 aromatic rings. The van der Waals surface area contributed by atoms with Crippen molar-refractivity contribution >= 4 is 43.5 Å². The van der Waals surface area contributed by atoms with Gasteiger partial charge in [0.1, 0.15) is 5.82 Å². The molecule has 2 heterocycles. The van der Waals surface area contributed by atoms with E-state index in [1.165, 1.54) is 31.8 Å². The molecule has 0 radical (unpaired) electrons. The summed E-state index contributed by atoms with van der Waals surface area (Å²) in [5, 5.41) is 9.19. The molecule has 31 heavy (non-hydrogen) atoms. The zero-order valence-corrected chi connectivity index (χ0v) is 21.4. The first-order valence-electron chi connectivity index (χ1n) is 11.0. The topological polar surface area (TPSA) is 63.1 Å². The quantitative estimate of drug-likeness (QED) is 0.327. The Bertz CT molecular complexity index is 1080. The Morgan fingerprint density at radius 3 is 2.39 bits per heavy atom. The van der Waals surface area contributed by atoms with Crippen LogP contribution < -0.4 is 0 Å². The summed E-state index contributed by atoms with van der Waals surface area (Å²) in [6.07, 6.45) is 4.98. The lowest BCUT2D eigenvalue weighted by molar-refractivity contribution is -0.138. The molecule has 1 atom stereocenters. The monoisotopic (exact) mass is 502 g/mol. The fourth-order valence-corrected chi connectivity index (χ4v) is 6.40. The third-order valence-corrected chi connectivity index (χ3v) is 7.43. The highest BCUT2D eigenvalue weighted by molar-refractivity contribution is 9.10. The van der Waals surface area contributed by atoms with E-state index in [-0.39, 0.29) is 12.3 Å². The zero-order valence-electron chi connectivity index (χ0n) is 19.0. The molecule has 0 fully saturated rings. The van der Waals surface area contributed by atoms with Gasteiger partial charge in [0.05, 0.1) is 15.9 Å². The number of hydrogen-bond donors (Lipinski definition) is 1. The van der Waals surface area contributed by atoms with Gasteiger partial charge in [0.15, 0.2) is 0 Å². The van der Waals surface area contributed by atoms with Crippen molar-refractivity contribution in [3.8, 4) is 11.1 Å². The van der Waals surface area contributed by atoms with Crippen molar-refractivity contribution in [1.29, 1.82) is 0 Å². The van der Waals surface area contributed by atoms with Crippen LogP contribution in [-0.4, -0.2) is 21.0 Å². The molecule has 0 aliphatic heterocycles. The number of fused-ring (bicyclic) bond motifs is 1. The summed E-state index contributed by atoms with van der Waals surface area (Å²) in [5.74, 6) is 0.344. The van der Waals surface area contributed by atoms with Crippen LogP contribution in [0.25, 0.3) is 21.3 Å². The van der Waals surface area contributed by atoms with Gasteiger partial charge in [-0.25, -0.2) is 9.97 Å². The molecule has 0 bridgehead atoms. The first-order valence-corrected chi connectivity index (χ1v) is 12.6. The van der Waals surface area contributed by atoms with Crippen molar-refractivity contribution in [1.82, 2.24) is 9.97 Å². The Morgan fingerprint density at radius 1 is 1.10 bits per heavy atom. The number of thiophene rings is 1. The van der Waals surface area contributed by atoms with Gasteiger partial charge in [-0.3, -0.25) is 4.79 Å². The second kappa shape index (κ2) is 10.2. The predicted octanol–water partition coefficient (Wildman–Crippen LogP) is 7.57. The van der Waals surface area contributed by atoms with E-state index in [1.54, 1.807) is 11.3 Å². The van der Waals surface area contributed by atoms with Crippen molar-refractivity contribution in [2.45, 2.75) is 73.1 Å². The van der Waals surface area contributed by atoms with E-state index in [9.17, 15) is 9.90 Å². The molecule has 6 heteroatoms. The molecule has 4 nitrogen and oxygen atoms in total. The van der Waals surface area contributed by atoms with Crippen LogP contribution in [0.2, 0.25) is 0 Å². The number of nitrogens with zero attached hydrogens (tertiary/aromatic N) is 2. The Hall–Kier alpha value is -1.79. The molecule has 0 aliphatic rings. The summed E-state index contributed by atoms with van der Waals surface area (Å²) in [4.78, 5) is 22.1. The Labute approximate surface area is 197 Å². The molecule has 166 valence electrons. The van der Waals surface area contributed by atoms with E-state index in [4.69, 9.17) is 9.97 Å². The van der Waals surface area contributed by atoms with Gasteiger partial charge < -0.3 is 5.11 Å². The molecule has 1 unspecified atom stereocenters. The number of hydrogen-bond acceptors (Lipinski definition) is 4. The fourth-order valence-electron chi connectivity index (χ4n) is 4.60. The minimum absolute atomic E-state index is 0.245. The standard InChI is InChI=1S/C25H31BrN2O2S/c1-6-8-18(13-21(29)30)9-7-10-20-25-24(28-17(5)27-20)23(16(4)31-25)22-14(2)11-19(26)12-15(22)3/h11-12,18H,6-10,13H2,1-5H3,(H,29,30). The summed E-state index contributed by atoms with van der Waals surface area (Å²) >= 11 is 5.39. The Kier molecular flexibility index (Phi) is 7.87. The van der Waals surface area contributed by atoms with Crippen LogP contribution >= 0.6 is 27.3 Å². The lowest BCUT2D eigenvalue weighted by Crippen LogP contribution is -2.08. The molecular formula is C25H31BrN2O2S. The van der Waals surface area contributed by atoms with Crippen LogP contribution in [0, 0.1) is 33.6 Å². The van der Waals surface area contributed by atoms with E-state index >= 15 is 0 Å². The molecule has 0 spiro atoms. The van der Waals surface area contributed by atoms with E-state index in [1.807, 2.05) is 6.92 Å². The van der Waals surface area contributed by atoms with E-state index in [0.29, 0.717) is 0 Å². The number of benzene rings is 1. The van der Waals surface area contributed by atoms with Gasteiger partial charge in [0, 0.05) is 21.3 Å². The van der Waals surface area contributed by atoms with Crippen molar-refractivity contribution in [3.05, 3.63) is 44.1 Å². The number of halogens is 1. The number of aromatic nitrogens is 2. The van der Waals surface area contributed by atoms with Crippen LogP contribution in [0.5, 0.6) is 0 Å². The maximum Gasteiger partial charge on any atom is 0.303 e. The number of aliphatic carboxylic acids is 1. The molecule has 0 aliphatic carbocycles. The molecular weight excluding hydrogens is 472 g/mol. The van der Waals surface area contributed by atoms with Crippen LogP contribution in [0.1, 0.15) is 66.6 Å². The van der Waals surface area contributed by atoms with Gasteiger partial charge in [-0.1, -0.05) is 35.7 Å². The molecule has 0 saturated heterocycles. The number of carbonyl (C=O) groups is 1. The lowest BCUT2D eigenvalue weighted by Gasteiger charge is -2.14. The summed E-state index contributed by atoms with van der Waals surface area (Å²) < 4.78 is 2.27. The smallest absolute Gasteiger partial charge is 0.303 e. The number of carboxylic acids is 1. The average Bonchev–Trinajstić information content (AvgIpc) is 2.97. The maximum absolute atomic E-state index is 11.2. The predicted molar refractivity (Wildman–Crippen MR) is 133 cm³/mol. The van der Waals surface area contributed by atoms with Gasteiger partial charge >= 0.3 is 5.97 Å². The van der Waals surface area contributed by atoms with E-state index in [0.717, 1.165) is 53.6 Å². The second-order valence-corrected chi connectivity index (χ2v) is 10.6. The van der Waals surface area contributed by atoms with Gasteiger partial charge in [-0.15, -0.1) is 11.3 Å². The van der Waals surface area contributed by atoms with Gasteiger partial charge in [0.2, 0.25) is 0 Å². The third-order valence-electron chi connectivity index (χ3n) is 5.83. The normalized spacial score (nSPS) is 12.5. The minimum Gasteiger partial charge on any atom is -0.481 e. The molecule has 1 N–H and O–H groups in total. The minimum atomic E-state index is -0.697. The highest BCUT2D eigenvalue weighted by atomic mass is 79.9. The summed E-state index contributed by atoms with van der Waals surface area (Å²) in [6.45, 7) is 10.6. The fraction of sp³-hybridized carbons (Fsp3) is 0.480. The van der Waals surface area contributed by atoms with Crippen molar-refractivity contribution < 1.29 is 9.90 Å². The van der Waals surface area contributed by atoms with Crippen LogP contribution in [0.3, 0.4) is 0 Å². The van der Waals surface area contributed by atoms with Gasteiger partial charge in [-0.2, -0.15) is 0 Å². The summed E-state index contributed by atoms with van der Waals surface area (Å²) in [5.41, 5.74) is 7.12. The lowest BCUT2D eigenvalue weighted by atomic mass is 9.93. The maximum atomic E-state index is 11.2. The van der Waals surface area contributed by atoms with Crippen LogP contribution in [0.15, 0.2) is 16.6 Å². The molecule has 1 aromatic carbocycles. The number of aryl methyl sites for hydroxylation is 5. The van der Waals surface area contributed by atoms with Crippen LogP contribution in [0.4, 0.5) is 0 Å². The van der Waals surface area contributed by atoms with E-state index < -0.39 is 5.97 Å². The second-order valence-electron chi connectivity index (χ2n) is 8.49. The first-order chi connectivity index (χ1) is 14.7. The van der Waals surface area contributed by atoms with E-state index in [2.05, 4.69) is 55.8 Å². The van der Waals surface area contributed by atoms with Crippen molar-refractivity contribution in [3.63, 3.8) is 0 Å².